The monoisotopic (exact) mass is 279 g/mol. The molecule has 0 fully saturated rings. The van der Waals surface area contributed by atoms with Crippen molar-refractivity contribution >= 4 is 17.6 Å². The third-order valence-corrected chi connectivity index (χ3v) is 2.93. The summed E-state index contributed by atoms with van der Waals surface area (Å²) in [6.45, 7) is 0.695. The molecule has 0 bridgehead atoms. The highest BCUT2D eigenvalue weighted by Gasteiger charge is 2.04. The van der Waals surface area contributed by atoms with Crippen molar-refractivity contribution in [3.8, 4) is 0 Å². The van der Waals surface area contributed by atoms with Gasteiger partial charge in [-0.2, -0.15) is 0 Å². The number of benzene rings is 1. The van der Waals surface area contributed by atoms with Crippen LogP contribution in [0.2, 0.25) is 5.02 Å². The van der Waals surface area contributed by atoms with E-state index in [1.165, 1.54) is 0 Å². The highest BCUT2D eigenvalue weighted by Crippen LogP contribution is 2.11. The van der Waals surface area contributed by atoms with Crippen LogP contribution < -0.4 is 0 Å². The number of aliphatic carboxylic acids is 1. The molecule has 0 aliphatic heterocycles. The Hall–Kier alpha value is -1.88. The molecule has 1 aromatic heterocycles. The number of carboxylic acid groups (broad SMARTS) is 1. The van der Waals surface area contributed by atoms with E-state index in [-0.39, 0.29) is 6.42 Å². The van der Waals surface area contributed by atoms with Crippen LogP contribution in [0.1, 0.15) is 17.7 Å². The molecule has 6 heteroatoms. The minimum atomic E-state index is -0.825. The van der Waals surface area contributed by atoms with Crippen LogP contribution in [0.25, 0.3) is 0 Å². The Kier molecular flexibility index (Phi) is 4.52. The van der Waals surface area contributed by atoms with Crippen molar-refractivity contribution in [3.63, 3.8) is 0 Å². The Labute approximate surface area is 115 Å². The second-order valence-corrected chi connectivity index (χ2v) is 4.68. The van der Waals surface area contributed by atoms with Crippen molar-refractivity contribution in [1.29, 1.82) is 0 Å². The van der Waals surface area contributed by atoms with Gasteiger partial charge in [0.2, 0.25) is 0 Å². The molecule has 1 N–H and O–H groups in total. The van der Waals surface area contributed by atoms with Gasteiger partial charge in [-0.3, -0.25) is 9.48 Å². The summed E-state index contributed by atoms with van der Waals surface area (Å²) >= 11 is 5.91. The van der Waals surface area contributed by atoms with E-state index in [4.69, 9.17) is 16.7 Å². The number of aryl methyl sites for hydroxylation is 3. The van der Waals surface area contributed by atoms with Gasteiger partial charge in [-0.25, -0.2) is 0 Å². The lowest BCUT2D eigenvalue weighted by Gasteiger charge is -2.01. The molecule has 0 saturated carbocycles. The van der Waals surface area contributed by atoms with Crippen molar-refractivity contribution in [2.45, 2.75) is 25.8 Å². The van der Waals surface area contributed by atoms with Gasteiger partial charge in [0.05, 0.1) is 12.1 Å². The Morgan fingerprint density at radius 3 is 2.95 bits per heavy atom. The minimum Gasteiger partial charge on any atom is -0.481 e. The summed E-state index contributed by atoms with van der Waals surface area (Å²) in [6, 6.07) is 7.68. The number of halogens is 1. The second-order valence-electron chi connectivity index (χ2n) is 4.25. The summed E-state index contributed by atoms with van der Waals surface area (Å²) < 4.78 is 1.72. The smallest absolute Gasteiger partial charge is 0.303 e. The standard InChI is InChI=1S/C13H14ClN3O2/c14-11-3-1-2-10(8-11)6-7-17-9-12(15-16-17)4-5-13(18)19/h1-3,8-9H,4-7H2,(H,18,19). The van der Waals surface area contributed by atoms with E-state index in [1.54, 1.807) is 10.9 Å². The first-order valence-corrected chi connectivity index (χ1v) is 6.36. The number of carbonyl (C=O) groups is 1. The van der Waals surface area contributed by atoms with Gasteiger partial charge >= 0.3 is 5.97 Å². The van der Waals surface area contributed by atoms with Crippen LogP contribution in [0.3, 0.4) is 0 Å². The molecule has 100 valence electrons. The minimum absolute atomic E-state index is 0.0764. The Balaban J connectivity index is 1.88. The average molecular weight is 280 g/mol. The van der Waals surface area contributed by atoms with Crippen LogP contribution in [0.4, 0.5) is 0 Å². The fourth-order valence-corrected chi connectivity index (χ4v) is 1.95. The third-order valence-electron chi connectivity index (χ3n) is 2.70. The summed E-state index contributed by atoms with van der Waals surface area (Å²) in [4.78, 5) is 10.5. The van der Waals surface area contributed by atoms with Gasteiger partial charge in [0, 0.05) is 24.2 Å². The fraction of sp³-hybridized carbons (Fsp3) is 0.308. The molecule has 1 heterocycles. The lowest BCUT2D eigenvalue weighted by molar-refractivity contribution is -0.136. The van der Waals surface area contributed by atoms with Gasteiger partial charge in [-0.15, -0.1) is 5.10 Å². The molecule has 2 aromatic rings. The van der Waals surface area contributed by atoms with Crippen molar-refractivity contribution in [1.82, 2.24) is 15.0 Å². The van der Waals surface area contributed by atoms with E-state index in [2.05, 4.69) is 10.3 Å². The van der Waals surface area contributed by atoms with E-state index in [1.807, 2.05) is 24.3 Å². The molecule has 5 nitrogen and oxygen atoms in total. The van der Waals surface area contributed by atoms with E-state index in [0.717, 1.165) is 17.0 Å². The lowest BCUT2D eigenvalue weighted by atomic mass is 10.1. The van der Waals surface area contributed by atoms with Crippen LogP contribution in [-0.4, -0.2) is 26.1 Å². The maximum Gasteiger partial charge on any atom is 0.303 e. The Bertz CT molecular complexity index is 569. The zero-order valence-corrected chi connectivity index (χ0v) is 11.0. The highest BCUT2D eigenvalue weighted by molar-refractivity contribution is 6.30. The topological polar surface area (TPSA) is 68.0 Å². The predicted molar refractivity (Wildman–Crippen MR) is 71.1 cm³/mol. The summed E-state index contributed by atoms with van der Waals surface area (Å²) in [7, 11) is 0. The van der Waals surface area contributed by atoms with Crippen LogP contribution in [0, 0.1) is 0 Å². The number of nitrogens with zero attached hydrogens (tertiary/aromatic N) is 3. The summed E-state index contributed by atoms with van der Waals surface area (Å²) in [5, 5.41) is 17.2. The van der Waals surface area contributed by atoms with Crippen LogP contribution in [-0.2, 0) is 24.2 Å². The van der Waals surface area contributed by atoms with Gasteiger partial charge in [0.25, 0.3) is 0 Å². The maximum absolute atomic E-state index is 10.5. The van der Waals surface area contributed by atoms with Gasteiger partial charge in [0.1, 0.15) is 0 Å². The molecular weight excluding hydrogens is 266 g/mol. The molecule has 0 saturated heterocycles. The zero-order chi connectivity index (χ0) is 13.7. The van der Waals surface area contributed by atoms with Gasteiger partial charge in [-0.05, 0) is 24.1 Å². The Morgan fingerprint density at radius 2 is 2.21 bits per heavy atom. The molecule has 1 aromatic carbocycles. The first-order valence-electron chi connectivity index (χ1n) is 5.99. The number of carboxylic acids is 1. The van der Waals surface area contributed by atoms with E-state index in [0.29, 0.717) is 18.7 Å². The van der Waals surface area contributed by atoms with Crippen LogP contribution >= 0.6 is 11.6 Å². The quantitative estimate of drug-likeness (QED) is 0.880. The van der Waals surface area contributed by atoms with Crippen molar-refractivity contribution < 1.29 is 9.90 Å². The molecule has 0 unspecified atom stereocenters. The third kappa shape index (κ3) is 4.37. The van der Waals surface area contributed by atoms with Crippen molar-refractivity contribution in [3.05, 3.63) is 46.7 Å². The molecular formula is C13H14ClN3O2. The first-order chi connectivity index (χ1) is 9.13. The van der Waals surface area contributed by atoms with E-state index < -0.39 is 5.97 Å². The van der Waals surface area contributed by atoms with Gasteiger partial charge < -0.3 is 5.11 Å². The van der Waals surface area contributed by atoms with Crippen LogP contribution in [0.5, 0.6) is 0 Å². The molecule has 2 rings (SSSR count). The normalized spacial score (nSPS) is 10.6. The molecule has 0 amide bonds. The first kappa shape index (κ1) is 13.5. The molecule has 0 atom stereocenters. The SMILES string of the molecule is O=C(O)CCc1cn(CCc2cccc(Cl)c2)nn1. The number of hydrogen-bond donors (Lipinski definition) is 1. The summed E-state index contributed by atoms with van der Waals surface area (Å²) in [6.07, 6.45) is 3.08. The number of rotatable bonds is 6. The van der Waals surface area contributed by atoms with Crippen molar-refractivity contribution in [2.24, 2.45) is 0 Å². The lowest BCUT2D eigenvalue weighted by Crippen LogP contribution is -2.02. The number of hydrogen-bond acceptors (Lipinski definition) is 3. The Morgan fingerprint density at radius 1 is 1.37 bits per heavy atom. The molecule has 0 aliphatic carbocycles. The van der Waals surface area contributed by atoms with Crippen LogP contribution in [0.15, 0.2) is 30.5 Å². The number of aromatic nitrogens is 3. The largest absolute Gasteiger partial charge is 0.481 e. The molecule has 0 radical (unpaired) electrons. The predicted octanol–water partition coefficient (Wildman–Crippen LogP) is 2.19. The maximum atomic E-state index is 10.5. The van der Waals surface area contributed by atoms with Gasteiger partial charge in [0.15, 0.2) is 0 Å². The molecule has 0 spiro atoms. The zero-order valence-electron chi connectivity index (χ0n) is 10.3. The second kappa shape index (κ2) is 6.33. The van der Waals surface area contributed by atoms with Gasteiger partial charge in [-0.1, -0.05) is 28.9 Å². The highest BCUT2D eigenvalue weighted by atomic mass is 35.5. The fourth-order valence-electron chi connectivity index (χ4n) is 1.73. The van der Waals surface area contributed by atoms with Crippen molar-refractivity contribution in [2.75, 3.05) is 0 Å². The van der Waals surface area contributed by atoms with E-state index >= 15 is 0 Å². The molecule has 0 aliphatic rings. The summed E-state index contributed by atoms with van der Waals surface area (Å²) in [5.41, 5.74) is 1.84. The molecule has 19 heavy (non-hydrogen) atoms. The van der Waals surface area contributed by atoms with E-state index in [9.17, 15) is 4.79 Å². The average Bonchev–Trinajstić information content (AvgIpc) is 2.82. The summed E-state index contributed by atoms with van der Waals surface area (Å²) in [5.74, 6) is -0.825.